The predicted octanol–water partition coefficient (Wildman–Crippen LogP) is 24.4. The van der Waals surface area contributed by atoms with Crippen LogP contribution in [-0.4, -0.2) is 118 Å². The summed E-state index contributed by atoms with van der Waals surface area (Å²) in [6.07, 6.45) is 18.0. The Hall–Kier alpha value is -12.8. The number of hydrogen-bond acceptors (Lipinski definition) is 15. The Labute approximate surface area is 848 Å². The second-order valence-corrected chi connectivity index (χ2v) is 42.2. The summed E-state index contributed by atoms with van der Waals surface area (Å²) >= 11 is 5.04. The topological polar surface area (TPSA) is 272 Å². The molecule has 3 fully saturated rings. The number of aryl methyl sites for hydroxylation is 3. The molecule has 2 amide bonds. The second-order valence-electron chi connectivity index (χ2n) is 36.0. The lowest BCUT2D eigenvalue weighted by molar-refractivity contribution is -0.122. The van der Waals surface area contributed by atoms with Crippen LogP contribution in [0, 0.1) is 108 Å². The number of carboxylic acids is 1. The molecule has 0 aromatic heterocycles. The van der Waals surface area contributed by atoms with E-state index in [1.165, 1.54) is 102 Å². The van der Waals surface area contributed by atoms with Gasteiger partial charge >= 0.3 is 17.9 Å². The number of likely N-dealkylation sites (N-methyl/N-ethyl adjacent to an activating group) is 3. The third-order valence-electron chi connectivity index (χ3n) is 26.3. The highest BCUT2D eigenvalue weighted by Crippen LogP contribution is 2.41. The number of carbonyl (C=O) groups is 6. The lowest BCUT2D eigenvalue weighted by atomic mass is 9.84. The first-order valence-corrected chi connectivity index (χ1v) is 51.5. The third-order valence-corrected chi connectivity index (χ3v) is 32.5. The molecular weight excluding hydrogens is 2030 g/mol. The van der Waals surface area contributed by atoms with Crippen LogP contribution in [0.2, 0.25) is 0 Å². The molecule has 3 atom stereocenters. The van der Waals surface area contributed by atoms with E-state index in [0.29, 0.717) is 46.7 Å². The lowest BCUT2D eigenvalue weighted by Gasteiger charge is -2.31. The number of carboxylic acid groups (broad SMARTS) is 1. The third kappa shape index (κ3) is 27.0. The molecule has 14 rings (SSSR count). The average Bonchev–Trinajstić information content (AvgIpc) is 0.754. The van der Waals surface area contributed by atoms with E-state index in [0.717, 1.165) is 132 Å². The maximum absolute atomic E-state index is 14.6. The minimum absolute atomic E-state index is 0. The number of rotatable bonds is 31. The van der Waals surface area contributed by atoms with Gasteiger partial charge in [0.15, 0.2) is 84.5 Å². The molecule has 11 aromatic rings. The van der Waals surface area contributed by atoms with Crippen molar-refractivity contribution in [1.82, 2.24) is 12.9 Å². The fourth-order valence-electron chi connectivity index (χ4n) is 17.3. The molecule has 21 nitrogen and oxygen atoms in total. The van der Waals surface area contributed by atoms with Crippen molar-refractivity contribution in [3.63, 3.8) is 0 Å². The Morgan fingerprint density at radius 1 is 0.354 bits per heavy atom. The van der Waals surface area contributed by atoms with Gasteiger partial charge in [-0.1, -0.05) is 191 Å². The van der Waals surface area contributed by atoms with E-state index in [-0.39, 0.29) is 69.1 Å². The van der Waals surface area contributed by atoms with Crippen LogP contribution in [-0.2, 0) is 86.8 Å². The van der Waals surface area contributed by atoms with Crippen LogP contribution >= 0.6 is 11.6 Å². The van der Waals surface area contributed by atoms with Crippen LogP contribution < -0.4 is 15.1 Å². The van der Waals surface area contributed by atoms with Gasteiger partial charge < -0.3 is 29.7 Å². The van der Waals surface area contributed by atoms with Gasteiger partial charge in [0.25, 0.3) is 0 Å². The maximum Gasteiger partial charge on any atom is 0.338 e. The highest BCUT2D eigenvalue weighted by atomic mass is 35.5. The molecule has 3 aliphatic carbocycles. The molecule has 0 radical (unpaired) electrons. The number of ether oxygens (including phenoxy) is 2. The smallest absolute Gasteiger partial charge is 0.338 e. The minimum Gasteiger partial charge on any atom is -0.478 e. The largest absolute Gasteiger partial charge is 0.478 e. The number of hydrogen-bond donors (Lipinski definition) is 2. The Bertz CT molecular complexity index is 6940. The van der Waals surface area contributed by atoms with Crippen molar-refractivity contribution in [2.45, 2.75) is 221 Å². The molecule has 3 aliphatic rings. The van der Waals surface area contributed by atoms with Crippen molar-refractivity contribution >= 4 is 93.7 Å². The minimum atomic E-state index is -5.44. The van der Waals surface area contributed by atoms with Crippen molar-refractivity contribution in [2.24, 2.45) is 0 Å². The maximum atomic E-state index is 14.6. The summed E-state index contributed by atoms with van der Waals surface area (Å²) in [5, 5.41) is 11.7. The first kappa shape index (κ1) is 115. The molecule has 0 saturated heterocycles. The van der Waals surface area contributed by atoms with E-state index in [9.17, 15) is 125 Å². The monoisotopic (exact) mass is 2130 g/mol. The van der Waals surface area contributed by atoms with Gasteiger partial charge in [-0.15, -0.1) is 0 Å². The standard InChI is InChI=1S/C38H37F5N2O5S.C31H31F5N2O5S.C28H31NO2.C10H7ClF5NO3S.H2/c1-23-20-29(38(47)50-22-26-10-6-4-7-11-26)18-19-30(23)45(21-25-14-16-28(17-15-25)27-12-8-5-9-13-27)37(46)24(2)44(3)51(48,49)36-34(42)32(40)31(39)33(41)35(36)43;1-17-15-22(31(40)41)13-14-23(17)38(16-19-9-11-21(12-10-19)20-7-5-4-6-8-20)30(39)18(2)37(3)44(42,43)29-27(35)25(33)24(32)26(34)28(29)36;1-21-18-26(28(30)31-20-23-8-4-2-5-9-23)16-17-27(21)29-19-22-12-14-25(15-13-22)24-10-6-3-7-11-24;1-3(10(11)18)17(2)21(19,20)9-7(15)5(13)4(12)6(14)8(9)16;/h4,6-7,10-11,14-20,24,27H,5,8-9,12-13,21-22H2,1-3H3;9-15,18,20H,4-8,16H2,1-3H3,(H,40,41);2,4-5,8-9,12-18,24,29H,3,6-7,10-11,19-20H2,1H3;3H,1-2H3;1H/t24-;18-;;3-;/m11.1./s1. The summed E-state index contributed by atoms with van der Waals surface area (Å²) in [5.74, 6) is -39.7. The number of amides is 2. The number of aromatic carboxylic acids is 1. The number of benzene rings is 11. The van der Waals surface area contributed by atoms with Gasteiger partial charge in [0.05, 0.1) is 35.8 Å². The second kappa shape index (κ2) is 50.3. The SMILES string of the molecule is C[C@H](C(=O)Cl)N(C)S(=O)(=O)c1c(F)c(F)c(F)c(F)c1F.Cc1cc(C(=O)O)ccc1N(Cc1ccc(C2CCCCC2)cc1)C(=O)[C@@H](C)N(C)S(=O)(=O)c1c(F)c(F)c(F)c(F)c1F.Cc1cc(C(=O)OCc2ccccc2)ccc1N(Cc1ccc(C2CCCCC2)cc1)C(=O)[C@@H](C)N(C)S(=O)(=O)c1c(F)c(F)c(F)c(F)c1F.Cc1cc(C(=O)OCc2ccccc2)ccc1NCc1ccc(C2CCCCC2)cc1.[HH]. The van der Waals surface area contributed by atoms with Gasteiger partial charge in [-0.3, -0.25) is 14.4 Å². The number of carbonyl (C=O) groups excluding carboxylic acids is 5. The fraction of sp³-hybridized carbons (Fsp3) is 0.327. The lowest BCUT2D eigenvalue weighted by Crippen LogP contribution is -2.48. The molecule has 147 heavy (non-hydrogen) atoms. The zero-order valence-corrected chi connectivity index (χ0v) is 84.4. The molecule has 0 unspecified atom stereocenters. The van der Waals surface area contributed by atoms with Gasteiger partial charge in [-0.2, -0.15) is 12.9 Å². The number of sulfonamides is 3. The van der Waals surface area contributed by atoms with Gasteiger partial charge in [-0.25, -0.2) is 105 Å². The Morgan fingerprint density at radius 2 is 0.626 bits per heavy atom. The molecule has 0 aliphatic heterocycles. The highest BCUT2D eigenvalue weighted by molar-refractivity contribution is 7.89. The van der Waals surface area contributed by atoms with Gasteiger partial charge in [0, 0.05) is 46.2 Å². The van der Waals surface area contributed by atoms with Crippen molar-refractivity contribution in [2.75, 3.05) is 36.3 Å². The number of esters is 2. The van der Waals surface area contributed by atoms with Crippen LogP contribution in [0.3, 0.4) is 0 Å². The molecule has 2 N–H and O–H groups in total. The predicted molar refractivity (Wildman–Crippen MR) is 523 cm³/mol. The van der Waals surface area contributed by atoms with E-state index < -0.39 is 179 Å². The number of nitrogens with one attached hydrogen (secondary N) is 1. The zero-order chi connectivity index (χ0) is 108. The van der Waals surface area contributed by atoms with Gasteiger partial charge in [-0.05, 0) is 225 Å². The quantitative estimate of drug-likeness (QED) is 0.0134. The van der Waals surface area contributed by atoms with Crippen molar-refractivity contribution in [3.05, 3.63) is 353 Å². The van der Waals surface area contributed by atoms with E-state index in [1.54, 1.807) is 26.0 Å². The fourth-order valence-corrected chi connectivity index (χ4v) is 21.8. The van der Waals surface area contributed by atoms with Crippen molar-refractivity contribution in [3.8, 4) is 0 Å². The summed E-state index contributed by atoms with van der Waals surface area (Å²) in [7, 11) is -13.7. The van der Waals surface area contributed by atoms with Gasteiger partial charge in [0.2, 0.25) is 64.6 Å². The number of anilines is 3. The normalized spacial score (nSPS) is 14.4. The Morgan fingerprint density at radius 3 is 0.918 bits per heavy atom. The summed E-state index contributed by atoms with van der Waals surface area (Å²) in [5.41, 5.74) is 12.2. The van der Waals surface area contributed by atoms with Crippen LogP contribution in [0.1, 0.15) is 229 Å². The molecule has 0 heterocycles. The van der Waals surface area contributed by atoms with Crippen molar-refractivity contribution < 1.29 is 136 Å². The molecule has 11 aromatic carbocycles. The van der Waals surface area contributed by atoms with Crippen molar-refractivity contribution in [1.29, 1.82) is 0 Å². The summed E-state index contributed by atoms with van der Waals surface area (Å²) < 4.78 is 296. The van der Waals surface area contributed by atoms with Crippen LogP contribution in [0.15, 0.2) is 203 Å². The first-order chi connectivity index (χ1) is 69.5. The molecule has 786 valence electrons. The van der Waals surface area contributed by atoms with Crippen LogP contribution in [0.5, 0.6) is 0 Å². The van der Waals surface area contributed by atoms with Crippen LogP contribution in [0.25, 0.3) is 0 Å². The van der Waals surface area contributed by atoms with E-state index >= 15 is 0 Å². The summed E-state index contributed by atoms with van der Waals surface area (Å²) in [6.45, 7) is 9.32. The highest BCUT2D eigenvalue weighted by Gasteiger charge is 2.44. The van der Waals surface area contributed by atoms with E-state index in [1.807, 2.05) is 122 Å². The van der Waals surface area contributed by atoms with Gasteiger partial charge in [0.1, 0.15) is 25.3 Å². The zero-order valence-electron chi connectivity index (χ0n) is 81.2. The van der Waals surface area contributed by atoms with Crippen LogP contribution in [0.4, 0.5) is 82.9 Å². The molecular formula is C107H108ClF15N6O15S3. The Kier molecular flexibility index (Phi) is 39.2. The molecule has 40 heteroatoms. The Balaban J connectivity index is 0.000000211. The average molecular weight is 2130 g/mol. The van der Waals surface area contributed by atoms with E-state index in [4.69, 9.17) is 21.1 Å². The molecule has 3 saturated carbocycles. The summed E-state index contributed by atoms with van der Waals surface area (Å²) in [4.78, 5) is 72.0. The number of nitrogens with zero attached hydrogens (tertiary/aromatic N) is 5. The molecule has 0 bridgehead atoms. The first-order valence-electron chi connectivity index (χ1n) is 46.8. The number of halogens is 16. The molecule has 0 spiro atoms. The van der Waals surface area contributed by atoms with E-state index in [2.05, 4.69) is 29.6 Å². The summed E-state index contributed by atoms with van der Waals surface area (Å²) in [6, 6.07) is 52.2.